The van der Waals surface area contributed by atoms with Crippen molar-refractivity contribution in [1.82, 2.24) is 10.2 Å². The van der Waals surface area contributed by atoms with Gasteiger partial charge in [-0.1, -0.05) is 11.6 Å². The van der Waals surface area contributed by atoms with Gasteiger partial charge in [0.15, 0.2) is 11.0 Å². The molecule has 0 amide bonds. The van der Waals surface area contributed by atoms with E-state index in [0.29, 0.717) is 5.15 Å². The fourth-order valence-corrected chi connectivity index (χ4v) is 2.28. The van der Waals surface area contributed by atoms with E-state index in [1.165, 1.54) is 18.4 Å². The van der Waals surface area contributed by atoms with E-state index in [-0.39, 0.29) is 6.61 Å². The molecule has 0 radical (unpaired) electrons. The summed E-state index contributed by atoms with van der Waals surface area (Å²) >= 11 is 6.03. The van der Waals surface area contributed by atoms with Crippen LogP contribution in [-0.2, 0) is 12.8 Å². The van der Waals surface area contributed by atoms with Gasteiger partial charge in [-0.2, -0.15) is 0 Å². The topological polar surface area (TPSA) is 58.0 Å². The summed E-state index contributed by atoms with van der Waals surface area (Å²) in [5, 5.41) is 20.5. The van der Waals surface area contributed by atoms with Crippen molar-refractivity contribution in [3.05, 3.63) is 16.3 Å². The molecule has 16 heavy (non-hydrogen) atoms. The van der Waals surface area contributed by atoms with Crippen LogP contribution in [0.2, 0.25) is 5.15 Å². The van der Waals surface area contributed by atoms with Crippen molar-refractivity contribution in [3.8, 4) is 0 Å². The highest BCUT2D eigenvalue weighted by molar-refractivity contribution is 6.30. The van der Waals surface area contributed by atoms with E-state index in [2.05, 4.69) is 15.5 Å². The van der Waals surface area contributed by atoms with Gasteiger partial charge < -0.3 is 10.4 Å². The molecule has 0 fully saturated rings. The Balaban J connectivity index is 2.18. The van der Waals surface area contributed by atoms with Crippen molar-refractivity contribution in [2.75, 3.05) is 18.5 Å². The van der Waals surface area contributed by atoms with Crippen LogP contribution in [0.25, 0.3) is 0 Å². The van der Waals surface area contributed by atoms with Crippen molar-refractivity contribution in [2.24, 2.45) is 0 Å². The van der Waals surface area contributed by atoms with Crippen molar-refractivity contribution in [2.45, 2.75) is 32.1 Å². The molecule has 2 N–H and O–H groups in total. The SMILES string of the molecule is OCCCNc1nnc(Cl)c2c1CCCC2. The molecule has 0 unspecified atom stereocenters. The second-order valence-corrected chi connectivity index (χ2v) is 4.37. The molecule has 4 nitrogen and oxygen atoms in total. The average molecular weight is 242 g/mol. The zero-order chi connectivity index (χ0) is 11.4. The minimum atomic E-state index is 0.191. The number of hydrogen-bond acceptors (Lipinski definition) is 4. The second-order valence-electron chi connectivity index (χ2n) is 4.01. The number of anilines is 1. The number of aliphatic hydroxyl groups is 1. The maximum atomic E-state index is 8.73. The van der Waals surface area contributed by atoms with Crippen LogP contribution in [0.3, 0.4) is 0 Å². The molecule has 1 heterocycles. The smallest absolute Gasteiger partial charge is 0.155 e. The Hall–Kier alpha value is -0.870. The normalized spacial score (nSPS) is 14.6. The van der Waals surface area contributed by atoms with E-state index in [4.69, 9.17) is 16.7 Å². The number of rotatable bonds is 4. The molecule has 0 spiro atoms. The lowest BCUT2D eigenvalue weighted by molar-refractivity contribution is 0.292. The third-order valence-corrected chi connectivity index (χ3v) is 3.17. The van der Waals surface area contributed by atoms with Gasteiger partial charge in [0.2, 0.25) is 0 Å². The van der Waals surface area contributed by atoms with Gasteiger partial charge in [-0.05, 0) is 37.7 Å². The molecule has 1 aromatic rings. The Kier molecular flexibility index (Phi) is 3.96. The highest BCUT2D eigenvalue weighted by Gasteiger charge is 2.18. The van der Waals surface area contributed by atoms with Crippen LogP contribution in [-0.4, -0.2) is 28.5 Å². The molecule has 1 aliphatic rings. The summed E-state index contributed by atoms with van der Waals surface area (Å²) in [6.07, 6.45) is 5.10. The summed E-state index contributed by atoms with van der Waals surface area (Å²) in [5.41, 5.74) is 2.36. The number of nitrogens with one attached hydrogen (secondary N) is 1. The first-order valence-corrected chi connectivity index (χ1v) is 6.09. The molecule has 0 aromatic carbocycles. The molecule has 0 saturated carbocycles. The Morgan fingerprint density at radius 3 is 2.69 bits per heavy atom. The van der Waals surface area contributed by atoms with Crippen LogP contribution >= 0.6 is 11.6 Å². The molecule has 0 bridgehead atoms. The van der Waals surface area contributed by atoms with Crippen molar-refractivity contribution in [1.29, 1.82) is 0 Å². The number of halogens is 1. The first kappa shape index (κ1) is 11.6. The number of fused-ring (bicyclic) bond motifs is 1. The summed E-state index contributed by atoms with van der Waals surface area (Å²) in [6, 6.07) is 0. The van der Waals surface area contributed by atoms with E-state index in [1.54, 1.807) is 0 Å². The summed E-state index contributed by atoms with van der Waals surface area (Å²) in [4.78, 5) is 0. The molecule has 5 heteroatoms. The number of nitrogens with zero attached hydrogens (tertiary/aromatic N) is 2. The summed E-state index contributed by atoms with van der Waals surface area (Å²) in [7, 11) is 0. The third-order valence-electron chi connectivity index (χ3n) is 2.87. The van der Waals surface area contributed by atoms with Gasteiger partial charge >= 0.3 is 0 Å². The third kappa shape index (κ3) is 2.44. The van der Waals surface area contributed by atoms with Gasteiger partial charge in [0.25, 0.3) is 0 Å². The number of aromatic nitrogens is 2. The second kappa shape index (κ2) is 5.46. The highest BCUT2D eigenvalue weighted by atomic mass is 35.5. The van der Waals surface area contributed by atoms with Gasteiger partial charge in [-0.15, -0.1) is 10.2 Å². The van der Waals surface area contributed by atoms with Crippen LogP contribution in [0, 0.1) is 0 Å². The van der Waals surface area contributed by atoms with Gasteiger partial charge in [0, 0.05) is 18.7 Å². The van der Waals surface area contributed by atoms with Crippen LogP contribution < -0.4 is 5.32 Å². The van der Waals surface area contributed by atoms with Gasteiger partial charge in [-0.25, -0.2) is 0 Å². The molecule has 1 aliphatic carbocycles. The van der Waals surface area contributed by atoms with E-state index >= 15 is 0 Å². The molecular formula is C11H16ClN3O. The van der Waals surface area contributed by atoms with E-state index in [9.17, 15) is 0 Å². The highest BCUT2D eigenvalue weighted by Crippen LogP contribution is 2.29. The lowest BCUT2D eigenvalue weighted by Gasteiger charge is -2.19. The first-order chi connectivity index (χ1) is 7.83. The Morgan fingerprint density at radius 2 is 1.94 bits per heavy atom. The minimum Gasteiger partial charge on any atom is -0.396 e. The maximum absolute atomic E-state index is 8.73. The summed E-state index contributed by atoms with van der Waals surface area (Å²) in [6.45, 7) is 0.912. The lowest BCUT2D eigenvalue weighted by atomic mass is 9.93. The lowest BCUT2D eigenvalue weighted by Crippen LogP contribution is -2.13. The molecule has 2 rings (SSSR count). The largest absolute Gasteiger partial charge is 0.396 e. The van der Waals surface area contributed by atoms with Gasteiger partial charge in [0.05, 0.1) is 0 Å². The van der Waals surface area contributed by atoms with Crippen LogP contribution in [0.15, 0.2) is 0 Å². The maximum Gasteiger partial charge on any atom is 0.155 e. The van der Waals surface area contributed by atoms with Crippen LogP contribution in [0.5, 0.6) is 0 Å². The van der Waals surface area contributed by atoms with Crippen molar-refractivity contribution < 1.29 is 5.11 Å². The summed E-state index contributed by atoms with van der Waals surface area (Å²) < 4.78 is 0. The predicted octanol–water partition coefficient (Wildman–Crippen LogP) is 1.80. The van der Waals surface area contributed by atoms with Crippen molar-refractivity contribution in [3.63, 3.8) is 0 Å². The standard InChI is InChI=1S/C11H16ClN3O/c12-10-8-4-1-2-5-9(8)11(15-14-10)13-6-3-7-16/h16H,1-7H2,(H,13,15). The Labute approximate surface area is 100 Å². The minimum absolute atomic E-state index is 0.191. The van der Waals surface area contributed by atoms with Crippen LogP contribution in [0.4, 0.5) is 5.82 Å². The number of hydrogen-bond donors (Lipinski definition) is 2. The predicted molar refractivity (Wildman–Crippen MR) is 63.9 cm³/mol. The van der Waals surface area contributed by atoms with E-state index < -0.39 is 0 Å². The van der Waals surface area contributed by atoms with E-state index in [1.807, 2.05) is 0 Å². The summed E-state index contributed by atoms with van der Waals surface area (Å²) in [5.74, 6) is 0.840. The quantitative estimate of drug-likeness (QED) is 0.790. The van der Waals surface area contributed by atoms with Crippen LogP contribution in [0.1, 0.15) is 30.4 Å². The average Bonchev–Trinajstić information content (AvgIpc) is 2.33. The zero-order valence-corrected chi connectivity index (χ0v) is 9.93. The molecule has 88 valence electrons. The zero-order valence-electron chi connectivity index (χ0n) is 9.17. The van der Waals surface area contributed by atoms with Crippen molar-refractivity contribution >= 4 is 17.4 Å². The first-order valence-electron chi connectivity index (χ1n) is 5.71. The Bertz CT molecular complexity index is 370. The van der Waals surface area contributed by atoms with Gasteiger partial charge in [-0.3, -0.25) is 0 Å². The number of aliphatic hydroxyl groups excluding tert-OH is 1. The van der Waals surface area contributed by atoms with Gasteiger partial charge in [0.1, 0.15) is 0 Å². The molecular weight excluding hydrogens is 226 g/mol. The molecule has 0 saturated heterocycles. The van der Waals surface area contributed by atoms with E-state index in [0.717, 1.165) is 37.2 Å². The monoisotopic (exact) mass is 241 g/mol. The fraction of sp³-hybridized carbons (Fsp3) is 0.636. The molecule has 0 atom stereocenters. The molecule has 0 aliphatic heterocycles. The Morgan fingerprint density at radius 1 is 1.19 bits per heavy atom. The molecule has 1 aromatic heterocycles. The fourth-order valence-electron chi connectivity index (χ4n) is 2.04.